The summed E-state index contributed by atoms with van der Waals surface area (Å²) in [6.45, 7) is -0.265. The number of aliphatic hydroxyl groups is 2. The fraction of sp³-hybridized carbons (Fsp3) is 0.250. The van der Waals surface area contributed by atoms with E-state index in [-0.39, 0.29) is 13.2 Å². The first-order valence-corrected chi connectivity index (χ1v) is 7.49. The molecule has 0 spiro atoms. The highest BCUT2D eigenvalue weighted by Crippen LogP contribution is 2.30. The predicted molar refractivity (Wildman–Crippen MR) is 85.1 cm³/mol. The Morgan fingerprint density at radius 1 is 1.00 bits per heavy atom. The van der Waals surface area contributed by atoms with E-state index in [1.807, 2.05) is 48.5 Å². The number of aliphatic hydroxyl groups excluding tert-OH is 2. The van der Waals surface area contributed by atoms with Crippen LogP contribution >= 0.6 is 27.5 Å². The standard InChI is InChI=1S/C16H16BrClO2/c17-14-5-2-4-13(8-14)16(10-19,11-20)9-12-3-1-6-15(18)7-12/h1-8,19-20H,9-11H2. The van der Waals surface area contributed by atoms with Crippen molar-refractivity contribution in [2.24, 2.45) is 0 Å². The zero-order valence-corrected chi connectivity index (χ0v) is 13.2. The summed E-state index contributed by atoms with van der Waals surface area (Å²) in [5, 5.41) is 20.3. The quantitative estimate of drug-likeness (QED) is 0.861. The first kappa shape index (κ1) is 15.5. The van der Waals surface area contributed by atoms with Crippen LogP contribution in [0.25, 0.3) is 0 Å². The van der Waals surface area contributed by atoms with Crippen LogP contribution in [0.3, 0.4) is 0 Å². The Bertz CT molecular complexity index is 582. The van der Waals surface area contributed by atoms with Crippen LogP contribution in [0.4, 0.5) is 0 Å². The highest BCUT2D eigenvalue weighted by atomic mass is 79.9. The number of hydrogen-bond acceptors (Lipinski definition) is 2. The molecule has 20 heavy (non-hydrogen) atoms. The Labute approximate surface area is 132 Å². The second kappa shape index (κ2) is 6.72. The van der Waals surface area contributed by atoms with Crippen molar-refractivity contribution >= 4 is 27.5 Å². The maximum atomic E-state index is 9.84. The maximum Gasteiger partial charge on any atom is 0.0553 e. The van der Waals surface area contributed by atoms with Crippen molar-refractivity contribution in [3.8, 4) is 0 Å². The lowest BCUT2D eigenvalue weighted by Gasteiger charge is -2.31. The second-order valence-corrected chi connectivity index (χ2v) is 6.27. The predicted octanol–water partition coefficient (Wildman–Crippen LogP) is 3.57. The van der Waals surface area contributed by atoms with E-state index >= 15 is 0 Å². The van der Waals surface area contributed by atoms with Crippen molar-refractivity contribution in [3.05, 3.63) is 69.2 Å². The summed E-state index contributed by atoms with van der Waals surface area (Å²) in [7, 11) is 0. The molecule has 2 nitrogen and oxygen atoms in total. The maximum absolute atomic E-state index is 9.84. The monoisotopic (exact) mass is 354 g/mol. The normalized spacial score (nSPS) is 11.6. The first-order valence-electron chi connectivity index (χ1n) is 6.32. The highest BCUT2D eigenvalue weighted by Gasteiger charge is 2.31. The lowest BCUT2D eigenvalue weighted by Crippen LogP contribution is -2.37. The molecule has 0 saturated heterocycles. The summed E-state index contributed by atoms with van der Waals surface area (Å²) in [5.41, 5.74) is 1.17. The Balaban J connectivity index is 2.39. The number of hydrogen-bond donors (Lipinski definition) is 2. The molecule has 0 atom stereocenters. The molecule has 2 N–H and O–H groups in total. The van der Waals surface area contributed by atoms with E-state index in [1.54, 1.807) is 0 Å². The second-order valence-electron chi connectivity index (χ2n) is 4.91. The van der Waals surface area contributed by atoms with Gasteiger partial charge < -0.3 is 10.2 Å². The van der Waals surface area contributed by atoms with Gasteiger partial charge in [-0.1, -0.05) is 51.8 Å². The van der Waals surface area contributed by atoms with Crippen LogP contribution in [0.5, 0.6) is 0 Å². The molecule has 0 fully saturated rings. The van der Waals surface area contributed by atoms with Gasteiger partial charge in [0.05, 0.1) is 13.2 Å². The molecule has 2 rings (SSSR count). The summed E-state index contributed by atoms with van der Waals surface area (Å²) >= 11 is 9.42. The average Bonchev–Trinajstić information content (AvgIpc) is 2.45. The zero-order valence-electron chi connectivity index (χ0n) is 10.9. The van der Waals surface area contributed by atoms with Gasteiger partial charge in [0.2, 0.25) is 0 Å². The van der Waals surface area contributed by atoms with Crippen LogP contribution in [-0.2, 0) is 11.8 Å². The Morgan fingerprint density at radius 3 is 2.30 bits per heavy atom. The third kappa shape index (κ3) is 3.41. The van der Waals surface area contributed by atoms with E-state index < -0.39 is 5.41 Å². The third-order valence-corrected chi connectivity index (χ3v) is 4.20. The van der Waals surface area contributed by atoms with Gasteiger partial charge in [0.25, 0.3) is 0 Å². The lowest BCUT2D eigenvalue weighted by molar-refractivity contribution is 0.116. The van der Waals surface area contributed by atoms with Crippen LogP contribution in [0.1, 0.15) is 11.1 Å². The molecule has 4 heteroatoms. The molecule has 2 aromatic carbocycles. The number of benzene rings is 2. The van der Waals surface area contributed by atoms with Gasteiger partial charge >= 0.3 is 0 Å². The van der Waals surface area contributed by atoms with Crippen LogP contribution in [0, 0.1) is 0 Å². The van der Waals surface area contributed by atoms with Gasteiger partial charge in [-0.05, 0) is 41.8 Å². The van der Waals surface area contributed by atoms with Crippen LogP contribution in [0.2, 0.25) is 5.02 Å². The minimum absolute atomic E-state index is 0.132. The van der Waals surface area contributed by atoms with Crippen LogP contribution in [0.15, 0.2) is 53.0 Å². The molecular formula is C16H16BrClO2. The minimum Gasteiger partial charge on any atom is -0.395 e. The molecule has 0 aromatic heterocycles. The van der Waals surface area contributed by atoms with Gasteiger partial charge in [0.15, 0.2) is 0 Å². The molecule has 0 aliphatic carbocycles. The molecule has 0 aliphatic heterocycles. The molecule has 0 radical (unpaired) electrons. The van der Waals surface area contributed by atoms with E-state index in [4.69, 9.17) is 11.6 Å². The Hall–Kier alpha value is -0.870. The summed E-state index contributed by atoms with van der Waals surface area (Å²) in [6.07, 6.45) is 0.525. The molecule has 0 saturated carbocycles. The van der Waals surface area contributed by atoms with Crippen molar-refractivity contribution in [2.75, 3.05) is 13.2 Å². The van der Waals surface area contributed by atoms with Crippen molar-refractivity contribution in [2.45, 2.75) is 11.8 Å². The van der Waals surface area contributed by atoms with E-state index in [2.05, 4.69) is 15.9 Å². The van der Waals surface area contributed by atoms with Crippen molar-refractivity contribution in [1.29, 1.82) is 0 Å². The van der Waals surface area contributed by atoms with E-state index in [1.165, 1.54) is 0 Å². The largest absolute Gasteiger partial charge is 0.395 e. The van der Waals surface area contributed by atoms with E-state index in [9.17, 15) is 10.2 Å². The van der Waals surface area contributed by atoms with Gasteiger partial charge in [-0.2, -0.15) is 0 Å². The average molecular weight is 356 g/mol. The van der Waals surface area contributed by atoms with Crippen LogP contribution in [-0.4, -0.2) is 23.4 Å². The fourth-order valence-corrected chi connectivity index (χ4v) is 2.91. The minimum atomic E-state index is -0.714. The summed E-state index contributed by atoms with van der Waals surface area (Å²) in [5.74, 6) is 0. The molecule has 0 amide bonds. The smallest absolute Gasteiger partial charge is 0.0553 e. The first-order chi connectivity index (χ1) is 9.59. The topological polar surface area (TPSA) is 40.5 Å². The SMILES string of the molecule is OCC(CO)(Cc1cccc(Cl)c1)c1cccc(Br)c1. The van der Waals surface area contributed by atoms with Crippen molar-refractivity contribution < 1.29 is 10.2 Å². The van der Waals surface area contributed by atoms with Crippen molar-refractivity contribution in [3.63, 3.8) is 0 Å². The summed E-state index contributed by atoms with van der Waals surface area (Å²) in [6, 6.07) is 15.2. The molecule has 2 aromatic rings. The number of halogens is 2. The summed E-state index contributed by atoms with van der Waals surface area (Å²) < 4.78 is 0.923. The van der Waals surface area contributed by atoms with Gasteiger partial charge in [-0.3, -0.25) is 0 Å². The van der Waals surface area contributed by atoms with Crippen LogP contribution < -0.4 is 0 Å². The fourth-order valence-electron chi connectivity index (χ4n) is 2.30. The van der Waals surface area contributed by atoms with Gasteiger partial charge in [0, 0.05) is 14.9 Å². The lowest BCUT2D eigenvalue weighted by atomic mass is 9.77. The Morgan fingerprint density at radius 2 is 1.70 bits per heavy atom. The molecular weight excluding hydrogens is 340 g/mol. The molecule has 106 valence electrons. The van der Waals surface area contributed by atoms with E-state index in [0.29, 0.717) is 11.4 Å². The summed E-state index contributed by atoms with van der Waals surface area (Å²) in [4.78, 5) is 0. The van der Waals surface area contributed by atoms with E-state index in [0.717, 1.165) is 15.6 Å². The van der Waals surface area contributed by atoms with Gasteiger partial charge in [-0.25, -0.2) is 0 Å². The molecule has 0 bridgehead atoms. The van der Waals surface area contributed by atoms with Gasteiger partial charge in [0.1, 0.15) is 0 Å². The third-order valence-electron chi connectivity index (χ3n) is 3.47. The molecule has 0 heterocycles. The molecule has 0 aliphatic rings. The highest BCUT2D eigenvalue weighted by molar-refractivity contribution is 9.10. The van der Waals surface area contributed by atoms with Gasteiger partial charge in [-0.15, -0.1) is 0 Å². The number of rotatable bonds is 5. The van der Waals surface area contributed by atoms with Crippen molar-refractivity contribution in [1.82, 2.24) is 0 Å². The zero-order chi connectivity index (χ0) is 14.6. The Kier molecular flexibility index (Phi) is 5.22. The molecule has 0 unspecified atom stereocenters.